The van der Waals surface area contributed by atoms with E-state index in [4.69, 9.17) is 10.1 Å². The van der Waals surface area contributed by atoms with Crippen LogP contribution in [0.2, 0.25) is 0 Å². The molecule has 166 valence electrons. The number of benzene rings is 1. The van der Waals surface area contributed by atoms with E-state index < -0.39 is 0 Å². The van der Waals surface area contributed by atoms with Crippen LogP contribution in [0.25, 0.3) is 11.2 Å². The number of nitrogens with zero attached hydrogens (tertiary/aromatic N) is 6. The topological polar surface area (TPSA) is 121 Å². The van der Waals surface area contributed by atoms with Crippen molar-refractivity contribution in [3.63, 3.8) is 0 Å². The minimum Gasteiger partial charge on any atom is -0.507 e. The zero-order valence-corrected chi connectivity index (χ0v) is 17.9. The van der Waals surface area contributed by atoms with E-state index >= 15 is 0 Å². The quantitative estimate of drug-likeness (QED) is 0.409. The van der Waals surface area contributed by atoms with Crippen LogP contribution in [0.5, 0.6) is 5.75 Å². The molecule has 1 aliphatic heterocycles. The second-order valence-electron chi connectivity index (χ2n) is 7.34. The van der Waals surface area contributed by atoms with Gasteiger partial charge in [-0.3, -0.25) is 4.79 Å². The van der Waals surface area contributed by atoms with Crippen molar-refractivity contribution in [1.29, 1.82) is 0 Å². The molecule has 1 aromatic carbocycles. The normalized spacial score (nSPS) is 13.2. The van der Waals surface area contributed by atoms with Crippen LogP contribution in [0.1, 0.15) is 30.1 Å². The summed E-state index contributed by atoms with van der Waals surface area (Å²) in [4.78, 5) is 23.1. The van der Waals surface area contributed by atoms with Crippen LogP contribution in [-0.4, -0.2) is 60.3 Å². The summed E-state index contributed by atoms with van der Waals surface area (Å²) in [7, 11) is 1.00. The average Bonchev–Trinajstić information content (AvgIpc) is 3.57. The van der Waals surface area contributed by atoms with Gasteiger partial charge in [0.2, 0.25) is 5.95 Å². The van der Waals surface area contributed by atoms with Crippen LogP contribution in [0, 0.1) is 0 Å². The number of fused-ring (bicyclic) bond motifs is 1. The third-order valence-electron chi connectivity index (χ3n) is 5.26. The Morgan fingerprint density at radius 2 is 1.94 bits per heavy atom. The monoisotopic (exact) mass is 435 g/mol. The second kappa shape index (κ2) is 9.06. The molecule has 0 bridgehead atoms. The summed E-state index contributed by atoms with van der Waals surface area (Å²) in [5.74, 6) is 1.76. The number of carbonyl (C=O) groups is 1. The molecule has 32 heavy (non-hydrogen) atoms. The van der Waals surface area contributed by atoms with E-state index in [-0.39, 0.29) is 17.1 Å². The summed E-state index contributed by atoms with van der Waals surface area (Å²) in [6, 6.07) is 8.77. The Balaban J connectivity index is 0.00000119. The van der Waals surface area contributed by atoms with Gasteiger partial charge in [-0.2, -0.15) is 4.98 Å². The number of phenols is 1. The standard InChI is InChI=1S/C21H21N7O2.CH4O/c1-14(29)16-11-15(6-7-18(16)30)27-12-19(22-13-27)23-20-17-5-4-10-28(17)25-21(24-20)26-8-2-3-9-26;1-2/h4-7,10-13,30H,2-3,8-9H2,1H3,(H,23,24,25);2H,1H3. The fourth-order valence-electron chi connectivity index (χ4n) is 3.68. The summed E-state index contributed by atoms with van der Waals surface area (Å²) < 4.78 is 3.60. The van der Waals surface area contributed by atoms with Crippen molar-refractivity contribution in [1.82, 2.24) is 24.1 Å². The van der Waals surface area contributed by atoms with E-state index in [0.29, 0.717) is 17.6 Å². The largest absolute Gasteiger partial charge is 0.507 e. The van der Waals surface area contributed by atoms with E-state index in [1.165, 1.54) is 13.0 Å². The molecule has 0 radical (unpaired) electrons. The number of imidazole rings is 1. The smallest absolute Gasteiger partial charge is 0.245 e. The van der Waals surface area contributed by atoms with Gasteiger partial charge in [0.25, 0.3) is 0 Å². The highest BCUT2D eigenvalue weighted by Crippen LogP contribution is 2.25. The van der Waals surface area contributed by atoms with Crippen LogP contribution in [0.4, 0.5) is 17.6 Å². The molecule has 0 unspecified atom stereocenters. The summed E-state index contributed by atoms with van der Waals surface area (Å²) in [5.41, 5.74) is 1.86. The molecule has 3 aromatic heterocycles. The van der Waals surface area contributed by atoms with Crippen molar-refractivity contribution >= 4 is 28.9 Å². The maximum Gasteiger partial charge on any atom is 0.245 e. The van der Waals surface area contributed by atoms with Gasteiger partial charge in [0, 0.05) is 32.1 Å². The predicted molar refractivity (Wildman–Crippen MR) is 121 cm³/mol. The molecular weight excluding hydrogens is 410 g/mol. The number of hydrogen-bond acceptors (Lipinski definition) is 8. The molecule has 10 nitrogen and oxygen atoms in total. The lowest BCUT2D eigenvalue weighted by Gasteiger charge is -2.16. The number of phenolic OH excluding ortho intramolecular Hbond substituents is 1. The van der Waals surface area contributed by atoms with Gasteiger partial charge in [-0.05, 0) is 50.1 Å². The highest BCUT2D eigenvalue weighted by atomic mass is 16.3. The van der Waals surface area contributed by atoms with Gasteiger partial charge in [-0.1, -0.05) is 0 Å². The van der Waals surface area contributed by atoms with Gasteiger partial charge in [0.05, 0.1) is 11.8 Å². The van der Waals surface area contributed by atoms with Gasteiger partial charge < -0.3 is 25.0 Å². The summed E-state index contributed by atoms with van der Waals surface area (Å²) >= 11 is 0. The molecule has 10 heteroatoms. The summed E-state index contributed by atoms with van der Waals surface area (Å²) in [6.07, 6.45) is 7.66. The maximum absolute atomic E-state index is 11.7. The maximum atomic E-state index is 11.7. The van der Waals surface area contributed by atoms with Gasteiger partial charge in [-0.25, -0.2) is 9.50 Å². The molecule has 4 heterocycles. The number of anilines is 3. The Morgan fingerprint density at radius 3 is 2.69 bits per heavy atom. The number of aliphatic hydroxyl groups excluding tert-OH is 1. The van der Waals surface area contributed by atoms with E-state index in [9.17, 15) is 9.90 Å². The first-order valence-electron chi connectivity index (χ1n) is 10.3. The molecule has 1 saturated heterocycles. The predicted octanol–water partition coefficient (Wildman–Crippen LogP) is 2.78. The van der Waals surface area contributed by atoms with Crippen molar-refractivity contribution in [2.75, 3.05) is 30.4 Å². The highest BCUT2D eigenvalue weighted by Gasteiger charge is 2.18. The fraction of sp³-hybridized carbons (Fsp3) is 0.273. The molecule has 0 amide bonds. The Bertz CT molecular complexity index is 1240. The number of carbonyl (C=O) groups excluding carboxylic acids is 1. The van der Waals surface area contributed by atoms with Crippen molar-refractivity contribution in [2.24, 2.45) is 0 Å². The summed E-state index contributed by atoms with van der Waals surface area (Å²) in [5, 5.41) is 24.8. The van der Waals surface area contributed by atoms with Crippen LogP contribution in [0.15, 0.2) is 49.1 Å². The van der Waals surface area contributed by atoms with Gasteiger partial charge in [0.1, 0.15) is 23.4 Å². The lowest BCUT2D eigenvalue weighted by Crippen LogP contribution is -2.22. The highest BCUT2D eigenvalue weighted by molar-refractivity contribution is 5.97. The molecule has 5 rings (SSSR count). The molecule has 0 atom stereocenters. The molecule has 4 aromatic rings. The second-order valence-corrected chi connectivity index (χ2v) is 7.34. The van der Waals surface area contributed by atoms with Crippen LogP contribution in [-0.2, 0) is 0 Å². The number of hydrogen-bond donors (Lipinski definition) is 3. The van der Waals surface area contributed by atoms with Gasteiger partial charge >= 0.3 is 0 Å². The van der Waals surface area contributed by atoms with Gasteiger partial charge in [-0.15, -0.1) is 5.10 Å². The Kier molecular flexibility index (Phi) is 6.04. The lowest BCUT2D eigenvalue weighted by molar-refractivity contribution is 0.101. The number of rotatable bonds is 5. The first kappa shape index (κ1) is 21.3. The number of aromatic nitrogens is 5. The Labute approximate surface area is 184 Å². The zero-order chi connectivity index (χ0) is 22.7. The molecule has 1 fully saturated rings. The fourth-order valence-corrected chi connectivity index (χ4v) is 3.68. The van der Waals surface area contributed by atoms with Crippen LogP contribution in [0.3, 0.4) is 0 Å². The number of nitrogens with one attached hydrogen (secondary N) is 1. The number of aliphatic hydroxyl groups is 1. The van der Waals surface area contributed by atoms with Crippen LogP contribution >= 0.6 is 0 Å². The molecule has 3 N–H and O–H groups in total. The molecule has 0 spiro atoms. The van der Waals surface area contributed by atoms with E-state index in [2.05, 4.69) is 20.3 Å². The number of aromatic hydroxyl groups is 1. The van der Waals surface area contributed by atoms with Crippen molar-refractivity contribution in [3.05, 3.63) is 54.6 Å². The van der Waals surface area contributed by atoms with Crippen LogP contribution < -0.4 is 10.2 Å². The van der Waals surface area contributed by atoms with Gasteiger partial charge in [0.15, 0.2) is 11.6 Å². The van der Waals surface area contributed by atoms with Crippen molar-refractivity contribution in [2.45, 2.75) is 19.8 Å². The van der Waals surface area contributed by atoms with Crippen molar-refractivity contribution in [3.8, 4) is 11.4 Å². The Morgan fingerprint density at radius 1 is 1.16 bits per heavy atom. The summed E-state index contributed by atoms with van der Waals surface area (Å²) in [6.45, 7) is 3.34. The third-order valence-corrected chi connectivity index (χ3v) is 5.26. The van der Waals surface area contributed by atoms with Crippen molar-refractivity contribution < 1.29 is 15.0 Å². The lowest BCUT2D eigenvalue weighted by atomic mass is 10.1. The minimum absolute atomic E-state index is 0.0317. The molecule has 0 saturated carbocycles. The first-order valence-corrected chi connectivity index (χ1v) is 10.3. The van der Waals surface area contributed by atoms with E-state index in [0.717, 1.165) is 44.2 Å². The SMILES string of the molecule is CC(=O)c1cc(-n2cnc(Nc3nc(N4CCCC4)nn4cccc34)c2)ccc1O.CO. The Hall–Kier alpha value is -3.92. The zero-order valence-electron chi connectivity index (χ0n) is 17.9. The third kappa shape index (κ3) is 4.12. The minimum atomic E-state index is -0.195. The average molecular weight is 435 g/mol. The number of Topliss-reactive ketones (excluding diaryl/α,β-unsaturated/α-hetero) is 1. The van der Waals surface area contributed by atoms with E-state index in [1.807, 2.05) is 29.0 Å². The number of ketones is 1. The van der Waals surface area contributed by atoms with E-state index in [1.54, 1.807) is 23.0 Å². The molecular formula is C22H25N7O3. The molecule has 1 aliphatic rings. The first-order chi connectivity index (χ1) is 15.6. The molecule has 0 aliphatic carbocycles.